The lowest BCUT2D eigenvalue weighted by molar-refractivity contribution is -0.117. The van der Waals surface area contributed by atoms with Gasteiger partial charge in [0.15, 0.2) is 0 Å². The Bertz CT molecular complexity index is 120. The molecule has 1 aliphatic rings. The van der Waals surface area contributed by atoms with Gasteiger partial charge < -0.3 is 9.53 Å². The van der Waals surface area contributed by atoms with Gasteiger partial charge in [-0.25, -0.2) is 4.39 Å². The summed E-state index contributed by atoms with van der Waals surface area (Å²) in [5, 5.41) is 0. The maximum atomic E-state index is 12.4. The van der Waals surface area contributed by atoms with Crippen molar-refractivity contribution in [3.63, 3.8) is 0 Å². The van der Waals surface area contributed by atoms with Crippen molar-refractivity contribution in [2.75, 3.05) is 26.2 Å². The molecular weight excluding hydrogens is 137 g/mol. The van der Waals surface area contributed by atoms with E-state index < -0.39 is 6.36 Å². The third-order valence-corrected chi connectivity index (χ3v) is 1.44. The molecule has 0 bridgehead atoms. The fraction of sp³-hybridized carbons (Fsp3) is 0.833. The Kier molecular flexibility index (Phi) is 2.77. The molecule has 0 saturated carbocycles. The number of hydrogen-bond donors (Lipinski definition) is 0. The summed E-state index contributed by atoms with van der Waals surface area (Å²) < 4.78 is 17.0. The molecule has 58 valence electrons. The van der Waals surface area contributed by atoms with Crippen LogP contribution < -0.4 is 0 Å². The highest BCUT2D eigenvalue weighted by Gasteiger charge is 2.18. The quantitative estimate of drug-likeness (QED) is 0.507. The van der Waals surface area contributed by atoms with Gasteiger partial charge >= 0.3 is 0 Å². The maximum absolute atomic E-state index is 12.4. The fourth-order valence-corrected chi connectivity index (χ4v) is 0.928. The van der Waals surface area contributed by atoms with Gasteiger partial charge in [0.2, 0.25) is 6.36 Å². The van der Waals surface area contributed by atoms with Crippen molar-refractivity contribution in [3.05, 3.63) is 0 Å². The molecule has 10 heavy (non-hydrogen) atoms. The van der Waals surface area contributed by atoms with Crippen LogP contribution >= 0.6 is 0 Å². The number of carbonyl (C=O) groups is 1. The van der Waals surface area contributed by atoms with Gasteiger partial charge in [0.05, 0.1) is 19.7 Å². The van der Waals surface area contributed by atoms with Gasteiger partial charge in [-0.05, 0) is 0 Å². The molecule has 4 heteroatoms. The van der Waals surface area contributed by atoms with Crippen molar-refractivity contribution in [2.24, 2.45) is 0 Å². The van der Waals surface area contributed by atoms with Crippen molar-refractivity contribution in [1.29, 1.82) is 0 Å². The third-order valence-electron chi connectivity index (χ3n) is 1.44. The van der Waals surface area contributed by atoms with Crippen LogP contribution in [-0.2, 0) is 9.53 Å². The number of alkyl halides is 1. The van der Waals surface area contributed by atoms with Gasteiger partial charge in [0.1, 0.15) is 6.29 Å². The summed E-state index contributed by atoms with van der Waals surface area (Å²) >= 11 is 0. The van der Waals surface area contributed by atoms with Gasteiger partial charge in [-0.15, -0.1) is 0 Å². The number of morpholine rings is 1. The van der Waals surface area contributed by atoms with E-state index in [9.17, 15) is 9.18 Å². The summed E-state index contributed by atoms with van der Waals surface area (Å²) in [6, 6.07) is 0. The minimum atomic E-state index is -1.21. The molecule has 0 radical (unpaired) electrons. The second kappa shape index (κ2) is 3.63. The van der Waals surface area contributed by atoms with Crippen LogP contribution in [0, 0.1) is 0 Å². The van der Waals surface area contributed by atoms with Gasteiger partial charge in [0.25, 0.3) is 0 Å². The first-order valence-corrected chi connectivity index (χ1v) is 3.24. The first-order chi connectivity index (χ1) is 4.83. The molecule has 1 aliphatic heterocycles. The monoisotopic (exact) mass is 147 g/mol. The summed E-state index contributed by atoms with van der Waals surface area (Å²) in [7, 11) is 0. The van der Waals surface area contributed by atoms with Crippen LogP contribution in [0.5, 0.6) is 0 Å². The number of carbonyl (C=O) groups excluding carboxylic acids is 1. The third kappa shape index (κ3) is 2.04. The summed E-state index contributed by atoms with van der Waals surface area (Å²) in [6.45, 7) is 1.57. The predicted molar refractivity (Wildman–Crippen MR) is 33.4 cm³/mol. The Hall–Kier alpha value is -0.480. The molecule has 3 nitrogen and oxygen atoms in total. The number of nitrogens with zero attached hydrogens (tertiary/aromatic N) is 1. The lowest BCUT2D eigenvalue weighted by Gasteiger charge is -2.26. The van der Waals surface area contributed by atoms with E-state index >= 15 is 0 Å². The number of hydrogen-bond acceptors (Lipinski definition) is 3. The van der Waals surface area contributed by atoms with Crippen LogP contribution in [0.3, 0.4) is 0 Å². The molecule has 0 aromatic heterocycles. The standard InChI is InChI=1S/C6H10FNO2/c7-6-5-8(1-3-9)2-4-10-6/h3,6H,1-2,4-5H2. The van der Waals surface area contributed by atoms with Gasteiger partial charge in [-0.1, -0.05) is 0 Å². The van der Waals surface area contributed by atoms with Crippen LogP contribution in [0.2, 0.25) is 0 Å². The minimum absolute atomic E-state index is 0.221. The van der Waals surface area contributed by atoms with Crippen molar-refractivity contribution < 1.29 is 13.9 Å². The average molecular weight is 147 g/mol. The van der Waals surface area contributed by atoms with E-state index in [-0.39, 0.29) is 6.54 Å². The Morgan fingerprint density at radius 3 is 3.20 bits per heavy atom. The minimum Gasteiger partial charge on any atom is -0.346 e. The molecule has 0 spiro atoms. The highest BCUT2D eigenvalue weighted by molar-refractivity contribution is 5.51. The molecule has 1 unspecified atom stereocenters. The zero-order chi connectivity index (χ0) is 7.40. The Morgan fingerprint density at radius 1 is 1.80 bits per heavy atom. The largest absolute Gasteiger partial charge is 0.346 e. The number of halogens is 1. The number of ether oxygens (including phenoxy) is 1. The summed E-state index contributed by atoms with van der Waals surface area (Å²) in [4.78, 5) is 11.7. The average Bonchev–Trinajstić information content (AvgIpc) is 1.88. The molecule has 1 fully saturated rings. The van der Waals surface area contributed by atoms with Gasteiger partial charge in [0, 0.05) is 6.54 Å². The highest BCUT2D eigenvalue weighted by Crippen LogP contribution is 2.03. The van der Waals surface area contributed by atoms with Crippen LogP contribution in [0.1, 0.15) is 0 Å². The molecule has 1 atom stereocenters. The molecule has 0 amide bonds. The van der Waals surface area contributed by atoms with E-state index in [1.165, 1.54) is 0 Å². The lowest BCUT2D eigenvalue weighted by atomic mass is 10.4. The predicted octanol–water partition coefficient (Wildman–Crippen LogP) is -0.187. The zero-order valence-corrected chi connectivity index (χ0v) is 5.62. The van der Waals surface area contributed by atoms with Crippen LogP contribution in [-0.4, -0.2) is 43.8 Å². The van der Waals surface area contributed by atoms with Gasteiger partial charge in [-0.3, -0.25) is 4.90 Å². The second-order valence-electron chi connectivity index (χ2n) is 2.21. The topological polar surface area (TPSA) is 29.5 Å². The summed E-state index contributed by atoms with van der Waals surface area (Å²) in [5.74, 6) is 0. The van der Waals surface area contributed by atoms with Crippen molar-refractivity contribution in [3.8, 4) is 0 Å². The molecule has 0 aliphatic carbocycles. The molecule has 0 aromatic rings. The maximum Gasteiger partial charge on any atom is 0.211 e. The van der Waals surface area contributed by atoms with E-state index in [4.69, 9.17) is 0 Å². The number of aldehydes is 1. The van der Waals surface area contributed by atoms with Crippen molar-refractivity contribution in [1.82, 2.24) is 4.90 Å². The molecule has 0 aromatic carbocycles. The Labute approximate surface area is 58.8 Å². The SMILES string of the molecule is O=CCN1CCOC(F)C1. The van der Waals surface area contributed by atoms with Crippen LogP contribution in [0.4, 0.5) is 4.39 Å². The first kappa shape index (κ1) is 7.63. The normalized spacial score (nSPS) is 28.3. The van der Waals surface area contributed by atoms with E-state index in [1.54, 1.807) is 4.90 Å². The fourth-order valence-electron chi connectivity index (χ4n) is 0.928. The first-order valence-electron chi connectivity index (χ1n) is 3.24. The van der Waals surface area contributed by atoms with Gasteiger partial charge in [-0.2, -0.15) is 0 Å². The zero-order valence-electron chi connectivity index (χ0n) is 5.62. The molecule has 1 heterocycles. The van der Waals surface area contributed by atoms with Crippen LogP contribution in [0.25, 0.3) is 0 Å². The smallest absolute Gasteiger partial charge is 0.211 e. The van der Waals surface area contributed by atoms with E-state index in [2.05, 4.69) is 4.74 Å². The van der Waals surface area contributed by atoms with Crippen LogP contribution in [0.15, 0.2) is 0 Å². The van der Waals surface area contributed by atoms with Crippen molar-refractivity contribution in [2.45, 2.75) is 6.36 Å². The molecule has 0 N–H and O–H groups in total. The molecule has 1 rings (SSSR count). The summed E-state index contributed by atoms with van der Waals surface area (Å²) in [6.07, 6.45) is -0.438. The van der Waals surface area contributed by atoms with Crippen molar-refractivity contribution >= 4 is 6.29 Å². The second-order valence-corrected chi connectivity index (χ2v) is 2.21. The molecular formula is C6H10FNO2. The lowest BCUT2D eigenvalue weighted by Crippen LogP contribution is -2.41. The van der Waals surface area contributed by atoms with E-state index in [0.29, 0.717) is 19.7 Å². The Balaban J connectivity index is 2.24. The number of rotatable bonds is 2. The van der Waals surface area contributed by atoms with E-state index in [1.807, 2.05) is 0 Å². The highest BCUT2D eigenvalue weighted by atomic mass is 19.1. The van der Waals surface area contributed by atoms with E-state index in [0.717, 1.165) is 6.29 Å². The summed E-state index contributed by atoms with van der Waals surface area (Å²) in [5.41, 5.74) is 0. The Morgan fingerprint density at radius 2 is 2.60 bits per heavy atom. The molecule has 1 saturated heterocycles.